The van der Waals surface area contributed by atoms with Gasteiger partial charge in [0.15, 0.2) is 11.6 Å². The van der Waals surface area contributed by atoms with Gasteiger partial charge >= 0.3 is 0 Å². The summed E-state index contributed by atoms with van der Waals surface area (Å²) in [6.07, 6.45) is 0. The number of methoxy groups -OCH3 is 1. The fraction of sp³-hybridized carbons (Fsp3) is 0.0769. The number of nitrogens with one attached hydrogen (secondary N) is 1. The van der Waals surface area contributed by atoms with Gasteiger partial charge in [0.05, 0.1) is 17.7 Å². The second kappa shape index (κ2) is 6.16. The molecule has 0 aliphatic rings. The zero-order valence-corrected chi connectivity index (χ0v) is 12.4. The Balaban J connectivity index is 2.47. The largest absolute Gasteiger partial charge is 0.495 e. The van der Waals surface area contributed by atoms with E-state index in [1.807, 2.05) is 4.72 Å². The first-order chi connectivity index (χ1) is 10.7. The molecule has 0 saturated carbocycles. The Kier molecular flexibility index (Phi) is 4.45. The van der Waals surface area contributed by atoms with Gasteiger partial charge in [-0.25, -0.2) is 17.2 Å². The van der Waals surface area contributed by atoms with Gasteiger partial charge in [-0.05, 0) is 18.2 Å². The van der Waals surface area contributed by atoms with Crippen molar-refractivity contribution in [3.8, 4) is 5.75 Å². The van der Waals surface area contributed by atoms with Crippen LogP contribution in [0.1, 0.15) is 0 Å². The van der Waals surface area contributed by atoms with E-state index in [2.05, 4.69) is 0 Å². The Bertz CT molecular complexity index is 871. The monoisotopic (exact) mass is 344 g/mol. The average molecular weight is 344 g/mol. The van der Waals surface area contributed by atoms with Gasteiger partial charge in [0.25, 0.3) is 15.7 Å². The van der Waals surface area contributed by atoms with Crippen LogP contribution in [0.25, 0.3) is 0 Å². The molecule has 10 heteroatoms. The minimum absolute atomic E-state index is 0.134. The molecule has 0 spiro atoms. The van der Waals surface area contributed by atoms with E-state index >= 15 is 0 Å². The fourth-order valence-corrected chi connectivity index (χ4v) is 3.00. The highest BCUT2D eigenvalue weighted by atomic mass is 32.2. The first-order valence-corrected chi connectivity index (χ1v) is 7.53. The Labute approximate surface area is 129 Å². The highest BCUT2D eigenvalue weighted by Crippen LogP contribution is 2.29. The van der Waals surface area contributed by atoms with Crippen LogP contribution in [-0.4, -0.2) is 20.5 Å². The normalized spacial score (nSPS) is 11.1. The summed E-state index contributed by atoms with van der Waals surface area (Å²) in [5, 5.41) is 10.8. The lowest BCUT2D eigenvalue weighted by Crippen LogP contribution is -2.14. The molecule has 0 heterocycles. The molecule has 0 atom stereocenters. The lowest BCUT2D eigenvalue weighted by Gasteiger charge is -2.11. The van der Waals surface area contributed by atoms with Crippen LogP contribution in [0.2, 0.25) is 0 Å². The minimum Gasteiger partial charge on any atom is -0.495 e. The number of non-ortho nitro benzene ring substituents is 1. The number of sulfonamides is 1. The van der Waals surface area contributed by atoms with Crippen molar-refractivity contribution in [2.75, 3.05) is 11.8 Å². The Morgan fingerprint density at radius 1 is 1.13 bits per heavy atom. The minimum atomic E-state index is -4.31. The molecule has 0 aliphatic carbocycles. The van der Waals surface area contributed by atoms with E-state index in [4.69, 9.17) is 4.74 Å². The topological polar surface area (TPSA) is 98.5 Å². The quantitative estimate of drug-likeness (QED) is 0.664. The van der Waals surface area contributed by atoms with Crippen molar-refractivity contribution in [1.29, 1.82) is 0 Å². The number of nitro groups is 1. The smallest absolute Gasteiger partial charge is 0.271 e. The van der Waals surface area contributed by atoms with Crippen molar-refractivity contribution in [3.05, 3.63) is 58.1 Å². The summed E-state index contributed by atoms with van der Waals surface area (Å²) >= 11 is 0. The molecule has 1 N–H and O–H groups in total. The van der Waals surface area contributed by atoms with Crippen LogP contribution in [-0.2, 0) is 10.0 Å². The molecule has 0 amide bonds. The van der Waals surface area contributed by atoms with Gasteiger partial charge in [-0.3, -0.25) is 14.8 Å². The van der Waals surface area contributed by atoms with Crippen molar-refractivity contribution in [3.63, 3.8) is 0 Å². The number of benzene rings is 2. The molecule has 2 aromatic carbocycles. The van der Waals surface area contributed by atoms with E-state index in [0.717, 1.165) is 30.3 Å². The van der Waals surface area contributed by atoms with Crippen LogP contribution in [0.5, 0.6) is 5.75 Å². The molecule has 0 bridgehead atoms. The average Bonchev–Trinajstić information content (AvgIpc) is 2.50. The molecule has 0 fully saturated rings. The third kappa shape index (κ3) is 3.54. The molecule has 0 aliphatic heterocycles. The van der Waals surface area contributed by atoms with Crippen LogP contribution < -0.4 is 9.46 Å². The first-order valence-electron chi connectivity index (χ1n) is 6.05. The van der Waals surface area contributed by atoms with Crippen molar-refractivity contribution in [2.45, 2.75) is 4.90 Å². The fourth-order valence-electron chi connectivity index (χ4n) is 1.76. The van der Waals surface area contributed by atoms with Crippen LogP contribution >= 0.6 is 0 Å². The predicted octanol–water partition coefficient (Wildman–Crippen LogP) is 2.68. The number of ether oxygens (including phenoxy) is 1. The highest BCUT2D eigenvalue weighted by molar-refractivity contribution is 7.92. The van der Waals surface area contributed by atoms with Gasteiger partial charge < -0.3 is 4.74 Å². The molecular formula is C13H10F2N2O5S. The summed E-state index contributed by atoms with van der Waals surface area (Å²) < 4.78 is 57.5. The Hall–Kier alpha value is -2.75. The third-order valence-corrected chi connectivity index (χ3v) is 4.22. The van der Waals surface area contributed by atoms with E-state index in [9.17, 15) is 27.3 Å². The lowest BCUT2D eigenvalue weighted by molar-refractivity contribution is -0.385. The summed E-state index contributed by atoms with van der Waals surface area (Å²) in [6, 6.07) is 5.42. The second-order valence-corrected chi connectivity index (χ2v) is 5.98. The SMILES string of the molecule is COc1ccc([N+](=O)[O-])cc1S(=O)(=O)Nc1ccc(F)c(F)c1. The number of hydrogen-bond acceptors (Lipinski definition) is 5. The highest BCUT2D eigenvalue weighted by Gasteiger charge is 2.23. The van der Waals surface area contributed by atoms with E-state index in [1.165, 1.54) is 7.11 Å². The Morgan fingerprint density at radius 2 is 1.83 bits per heavy atom. The predicted molar refractivity (Wildman–Crippen MR) is 76.8 cm³/mol. The molecule has 7 nitrogen and oxygen atoms in total. The summed E-state index contributed by atoms with van der Waals surface area (Å²) in [5.74, 6) is -2.51. The molecule has 0 unspecified atom stereocenters. The molecule has 23 heavy (non-hydrogen) atoms. The third-order valence-electron chi connectivity index (χ3n) is 2.82. The number of nitro benzene ring substituents is 1. The number of anilines is 1. The molecule has 0 aromatic heterocycles. The first kappa shape index (κ1) is 16.6. The number of halogens is 2. The van der Waals surface area contributed by atoms with E-state index in [-0.39, 0.29) is 11.4 Å². The maximum atomic E-state index is 13.1. The maximum absolute atomic E-state index is 13.1. The van der Waals surface area contributed by atoms with Gasteiger partial charge in [-0.1, -0.05) is 0 Å². The van der Waals surface area contributed by atoms with Gasteiger partial charge in [-0.15, -0.1) is 0 Å². The van der Waals surface area contributed by atoms with Crippen molar-refractivity contribution >= 4 is 21.4 Å². The van der Waals surface area contributed by atoms with E-state index < -0.39 is 37.2 Å². The molecule has 2 aromatic rings. The summed E-state index contributed by atoms with van der Waals surface area (Å²) in [7, 11) is -3.12. The van der Waals surface area contributed by atoms with Crippen molar-refractivity contribution in [2.24, 2.45) is 0 Å². The molecular weight excluding hydrogens is 334 g/mol. The Morgan fingerprint density at radius 3 is 2.39 bits per heavy atom. The number of hydrogen-bond donors (Lipinski definition) is 1. The van der Waals surface area contributed by atoms with Crippen molar-refractivity contribution in [1.82, 2.24) is 0 Å². The zero-order chi connectivity index (χ0) is 17.2. The number of nitrogens with zero attached hydrogens (tertiary/aromatic N) is 1. The second-order valence-electron chi connectivity index (χ2n) is 4.33. The van der Waals surface area contributed by atoms with Gasteiger partial charge in [0, 0.05) is 18.2 Å². The summed E-state index contributed by atoms with van der Waals surface area (Å²) in [5.41, 5.74) is -0.700. The van der Waals surface area contributed by atoms with Crippen molar-refractivity contribution < 1.29 is 26.9 Å². The van der Waals surface area contributed by atoms with Gasteiger partial charge in [0.2, 0.25) is 0 Å². The van der Waals surface area contributed by atoms with E-state index in [1.54, 1.807) is 0 Å². The lowest BCUT2D eigenvalue weighted by atomic mass is 10.3. The summed E-state index contributed by atoms with van der Waals surface area (Å²) in [6.45, 7) is 0. The van der Waals surface area contributed by atoms with Crippen LogP contribution in [0.3, 0.4) is 0 Å². The standard InChI is InChI=1S/C13H10F2N2O5S/c1-22-12-5-3-9(17(18)19)7-13(12)23(20,21)16-8-2-4-10(14)11(15)6-8/h2-7,16H,1H3. The number of rotatable bonds is 5. The summed E-state index contributed by atoms with van der Waals surface area (Å²) in [4.78, 5) is 9.51. The zero-order valence-electron chi connectivity index (χ0n) is 11.6. The van der Waals surface area contributed by atoms with Crippen LogP contribution in [0.15, 0.2) is 41.3 Å². The van der Waals surface area contributed by atoms with Crippen LogP contribution in [0, 0.1) is 21.7 Å². The van der Waals surface area contributed by atoms with E-state index in [0.29, 0.717) is 6.07 Å². The van der Waals surface area contributed by atoms with Gasteiger partial charge in [-0.2, -0.15) is 0 Å². The van der Waals surface area contributed by atoms with Crippen LogP contribution in [0.4, 0.5) is 20.2 Å². The molecule has 122 valence electrons. The molecule has 0 radical (unpaired) electrons. The van der Waals surface area contributed by atoms with Gasteiger partial charge in [0.1, 0.15) is 10.6 Å². The molecule has 0 saturated heterocycles. The molecule has 2 rings (SSSR count). The maximum Gasteiger partial charge on any atom is 0.271 e.